The van der Waals surface area contributed by atoms with Gasteiger partial charge in [-0.15, -0.1) is 0 Å². The maximum atomic E-state index is 12.9. The van der Waals surface area contributed by atoms with Gasteiger partial charge in [-0.3, -0.25) is 10.4 Å². The van der Waals surface area contributed by atoms with Gasteiger partial charge in [0.25, 0.3) is 0 Å². The van der Waals surface area contributed by atoms with Crippen molar-refractivity contribution in [2.75, 3.05) is 10.6 Å². The third-order valence-corrected chi connectivity index (χ3v) is 4.75. The Morgan fingerprint density at radius 1 is 1.06 bits per heavy atom. The molecule has 10 heteroatoms. The number of fused-ring (bicyclic) bond motifs is 1. The fourth-order valence-corrected chi connectivity index (χ4v) is 3.14. The van der Waals surface area contributed by atoms with Crippen LogP contribution in [0.2, 0.25) is 0 Å². The number of hydrogen-bond donors (Lipinski definition) is 3. The topological polar surface area (TPSA) is 103 Å². The SMILES string of the molecule is N#Cc1ccccc1COc1ccc2[nH]nc(NC(=O)Nc3cccc(C(F)(F)F)c3)c2c1. The minimum Gasteiger partial charge on any atom is -0.489 e. The molecular weight excluding hydrogens is 435 g/mol. The fourth-order valence-electron chi connectivity index (χ4n) is 3.14. The van der Waals surface area contributed by atoms with E-state index in [9.17, 15) is 23.2 Å². The number of ether oxygens (including phenoxy) is 1. The predicted molar refractivity (Wildman–Crippen MR) is 116 cm³/mol. The maximum Gasteiger partial charge on any atom is 0.416 e. The Morgan fingerprint density at radius 2 is 1.88 bits per heavy atom. The largest absolute Gasteiger partial charge is 0.489 e. The second-order valence-electron chi connectivity index (χ2n) is 6.99. The van der Waals surface area contributed by atoms with Gasteiger partial charge in [0.05, 0.1) is 22.7 Å². The third-order valence-electron chi connectivity index (χ3n) is 4.75. The summed E-state index contributed by atoms with van der Waals surface area (Å²) in [6.45, 7) is 0.173. The second kappa shape index (κ2) is 8.92. The first-order valence-corrected chi connectivity index (χ1v) is 9.67. The van der Waals surface area contributed by atoms with Crippen LogP contribution in [0.25, 0.3) is 10.9 Å². The van der Waals surface area contributed by atoms with Crippen molar-refractivity contribution in [1.82, 2.24) is 10.2 Å². The lowest BCUT2D eigenvalue weighted by atomic mass is 10.1. The molecule has 0 aliphatic heterocycles. The van der Waals surface area contributed by atoms with Gasteiger partial charge >= 0.3 is 12.2 Å². The normalized spacial score (nSPS) is 11.1. The molecule has 2 amide bonds. The Kier molecular flexibility index (Phi) is 5.87. The van der Waals surface area contributed by atoms with Crippen LogP contribution in [0, 0.1) is 11.3 Å². The zero-order chi connectivity index (χ0) is 23.4. The number of aromatic nitrogens is 2. The monoisotopic (exact) mass is 451 g/mol. The van der Waals surface area contributed by atoms with Gasteiger partial charge in [-0.1, -0.05) is 24.3 Å². The Balaban J connectivity index is 1.47. The van der Waals surface area contributed by atoms with Crippen molar-refractivity contribution in [3.8, 4) is 11.8 Å². The van der Waals surface area contributed by atoms with Gasteiger partial charge in [0.1, 0.15) is 12.4 Å². The van der Waals surface area contributed by atoms with Crippen LogP contribution in [0.3, 0.4) is 0 Å². The summed E-state index contributed by atoms with van der Waals surface area (Å²) in [5, 5.41) is 21.4. The van der Waals surface area contributed by atoms with Crippen LogP contribution < -0.4 is 15.4 Å². The molecule has 1 aromatic heterocycles. The average Bonchev–Trinajstić information content (AvgIpc) is 3.19. The van der Waals surface area contributed by atoms with Crippen LogP contribution in [0.1, 0.15) is 16.7 Å². The lowest BCUT2D eigenvalue weighted by Crippen LogP contribution is -2.20. The minimum atomic E-state index is -4.52. The van der Waals surface area contributed by atoms with Crippen molar-refractivity contribution in [3.05, 3.63) is 83.4 Å². The molecule has 0 bridgehead atoms. The average molecular weight is 451 g/mol. The first-order valence-electron chi connectivity index (χ1n) is 9.67. The van der Waals surface area contributed by atoms with Gasteiger partial charge in [-0.05, 0) is 42.5 Å². The van der Waals surface area contributed by atoms with Crippen molar-refractivity contribution in [1.29, 1.82) is 5.26 Å². The van der Waals surface area contributed by atoms with E-state index in [-0.39, 0.29) is 18.1 Å². The quantitative estimate of drug-likeness (QED) is 0.363. The van der Waals surface area contributed by atoms with E-state index in [1.807, 2.05) is 6.07 Å². The van der Waals surface area contributed by atoms with E-state index in [0.29, 0.717) is 22.2 Å². The number of nitrogens with one attached hydrogen (secondary N) is 3. The van der Waals surface area contributed by atoms with Crippen LogP contribution in [-0.4, -0.2) is 16.2 Å². The molecular formula is C23H16F3N5O2. The molecule has 0 atom stereocenters. The molecule has 33 heavy (non-hydrogen) atoms. The third kappa shape index (κ3) is 5.04. The van der Waals surface area contributed by atoms with Gasteiger partial charge in [-0.25, -0.2) is 4.79 Å². The number of nitrogens with zero attached hydrogens (tertiary/aromatic N) is 2. The molecule has 0 unspecified atom stereocenters. The van der Waals surface area contributed by atoms with Crippen LogP contribution in [-0.2, 0) is 12.8 Å². The van der Waals surface area contributed by atoms with Crippen LogP contribution >= 0.6 is 0 Å². The number of benzene rings is 3. The highest BCUT2D eigenvalue weighted by molar-refractivity contribution is 6.04. The van der Waals surface area contributed by atoms with Crippen molar-refractivity contribution in [2.45, 2.75) is 12.8 Å². The van der Waals surface area contributed by atoms with E-state index >= 15 is 0 Å². The Labute approximate surface area is 185 Å². The number of H-pyrrole nitrogens is 1. The van der Waals surface area contributed by atoms with Gasteiger partial charge in [0.2, 0.25) is 0 Å². The second-order valence-corrected chi connectivity index (χ2v) is 6.99. The van der Waals surface area contributed by atoms with Gasteiger partial charge in [0.15, 0.2) is 5.82 Å². The summed E-state index contributed by atoms with van der Waals surface area (Å²) in [7, 11) is 0. The standard InChI is InChI=1S/C23H16F3N5O2/c24-23(25,26)16-6-3-7-17(10-16)28-22(32)29-21-19-11-18(8-9-20(19)30-31-21)33-13-15-5-2-1-4-14(15)12-27/h1-11H,13H2,(H3,28,29,30,31,32). The molecule has 0 fully saturated rings. The number of alkyl halides is 3. The molecule has 0 aliphatic carbocycles. The van der Waals surface area contributed by atoms with E-state index in [2.05, 4.69) is 26.9 Å². The highest BCUT2D eigenvalue weighted by Crippen LogP contribution is 2.31. The number of hydrogen-bond acceptors (Lipinski definition) is 4. The number of rotatable bonds is 5. The summed E-state index contributed by atoms with van der Waals surface area (Å²) in [5.41, 5.74) is 0.975. The van der Waals surface area contributed by atoms with Crippen molar-refractivity contribution in [3.63, 3.8) is 0 Å². The molecule has 0 saturated carbocycles. The number of urea groups is 1. The molecule has 0 spiro atoms. The predicted octanol–water partition coefficient (Wildman–Crippen LogP) is 5.68. The molecule has 3 aromatic carbocycles. The van der Waals surface area contributed by atoms with Gasteiger partial charge < -0.3 is 10.1 Å². The van der Waals surface area contributed by atoms with Crippen LogP contribution in [0.4, 0.5) is 29.5 Å². The molecule has 1 heterocycles. The number of carbonyl (C=O) groups excluding carboxylic acids is 1. The zero-order valence-electron chi connectivity index (χ0n) is 16.9. The summed E-state index contributed by atoms with van der Waals surface area (Å²) in [4.78, 5) is 12.3. The smallest absolute Gasteiger partial charge is 0.416 e. The molecule has 166 valence electrons. The lowest BCUT2D eigenvalue weighted by Gasteiger charge is -2.10. The number of halogens is 3. The minimum absolute atomic E-state index is 0.0117. The van der Waals surface area contributed by atoms with E-state index in [0.717, 1.165) is 17.7 Å². The first-order chi connectivity index (χ1) is 15.8. The van der Waals surface area contributed by atoms with Gasteiger partial charge in [-0.2, -0.15) is 23.5 Å². The summed E-state index contributed by atoms with van der Waals surface area (Å²) in [5.74, 6) is 0.662. The highest BCUT2D eigenvalue weighted by atomic mass is 19.4. The van der Waals surface area contributed by atoms with E-state index in [4.69, 9.17) is 4.74 Å². The Hall–Kier alpha value is -4.52. The Bertz CT molecular complexity index is 1360. The fraction of sp³-hybridized carbons (Fsp3) is 0.0870. The molecule has 7 nitrogen and oxygen atoms in total. The van der Waals surface area contributed by atoms with Crippen LogP contribution in [0.15, 0.2) is 66.7 Å². The highest BCUT2D eigenvalue weighted by Gasteiger charge is 2.30. The molecule has 4 rings (SSSR count). The van der Waals surface area contributed by atoms with Crippen molar-refractivity contribution < 1.29 is 22.7 Å². The number of nitriles is 1. The number of carbonyl (C=O) groups is 1. The molecule has 4 aromatic rings. The number of aromatic amines is 1. The zero-order valence-corrected chi connectivity index (χ0v) is 16.9. The summed E-state index contributed by atoms with van der Waals surface area (Å²) >= 11 is 0. The molecule has 0 radical (unpaired) electrons. The molecule has 3 N–H and O–H groups in total. The van der Waals surface area contributed by atoms with E-state index < -0.39 is 17.8 Å². The van der Waals surface area contributed by atoms with E-state index in [1.165, 1.54) is 12.1 Å². The lowest BCUT2D eigenvalue weighted by molar-refractivity contribution is -0.137. The summed E-state index contributed by atoms with van der Waals surface area (Å²) < 4.78 is 44.4. The summed E-state index contributed by atoms with van der Waals surface area (Å²) in [6, 6.07) is 17.8. The van der Waals surface area contributed by atoms with Crippen molar-refractivity contribution >= 4 is 28.4 Å². The number of amides is 2. The summed E-state index contributed by atoms with van der Waals surface area (Å²) in [6.07, 6.45) is -4.52. The van der Waals surface area contributed by atoms with Crippen LogP contribution in [0.5, 0.6) is 5.75 Å². The molecule has 0 saturated heterocycles. The Morgan fingerprint density at radius 3 is 2.67 bits per heavy atom. The molecule has 0 aliphatic rings. The van der Waals surface area contributed by atoms with E-state index in [1.54, 1.807) is 36.4 Å². The maximum absolute atomic E-state index is 12.9. The van der Waals surface area contributed by atoms with Crippen molar-refractivity contribution in [2.24, 2.45) is 0 Å². The number of anilines is 2. The first kappa shape index (κ1) is 21.7. The van der Waals surface area contributed by atoms with Gasteiger partial charge in [0, 0.05) is 16.6 Å².